The van der Waals surface area contributed by atoms with Crippen LogP contribution in [-0.4, -0.2) is 25.1 Å². The molecule has 0 spiro atoms. The van der Waals surface area contributed by atoms with Gasteiger partial charge in [0.05, 0.1) is 28.4 Å². The van der Waals surface area contributed by atoms with E-state index < -0.39 is 10.0 Å². The third-order valence-electron chi connectivity index (χ3n) is 4.59. The summed E-state index contributed by atoms with van der Waals surface area (Å²) in [7, 11) is -2.14. The molecule has 27 heavy (non-hydrogen) atoms. The number of hydrogen-bond donors (Lipinski definition) is 2. The van der Waals surface area contributed by atoms with Crippen molar-refractivity contribution in [2.75, 3.05) is 7.11 Å². The number of benzene rings is 2. The van der Waals surface area contributed by atoms with Crippen LogP contribution in [0.25, 0.3) is 21.8 Å². The summed E-state index contributed by atoms with van der Waals surface area (Å²) >= 11 is 0. The highest BCUT2D eigenvalue weighted by Crippen LogP contribution is 2.30. The highest BCUT2D eigenvalue weighted by Gasteiger charge is 2.15. The van der Waals surface area contributed by atoms with Crippen LogP contribution in [0.1, 0.15) is 5.56 Å². The van der Waals surface area contributed by atoms with Crippen molar-refractivity contribution in [3.63, 3.8) is 0 Å². The van der Waals surface area contributed by atoms with Crippen molar-refractivity contribution in [2.45, 2.75) is 11.4 Å². The molecule has 8 heteroatoms. The Labute approximate surface area is 155 Å². The lowest BCUT2D eigenvalue weighted by Gasteiger charge is -2.09. The van der Waals surface area contributed by atoms with Gasteiger partial charge >= 0.3 is 0 Å². The number of rotatable bonds is 4. The number of nitrogens with one attached hydrogen (secondary N) is 1. The van der Waals surface area contributed by atoms with Crippen LogP contribution >= 0.6 is 0 Å². The van der Waals surface area contributed by atoms with Crippen LogP contribution in [0.2, 0.25) is 0 Å². The number of nitrogens with zero attached hydrogens (tertiary/aromatic N) is 1. The minimum absolute atomic E-state index is 0.0617. The summed E-state index contributed by atoms with van der Waals surface area (Å²) in [4.78, 5) is 15.2. The standard InChI is InChI=1S/C19H17N3O4S/c1-26-13-4-7-15-17(10-13)22(16-8-9-21-19(23)18(15)16)11-12-2-5-14(6-3-12)27(20,24)25/h2-10H,11H2,1H3,(H,21,23)(H2,20,24,25). The van der Waals surface area contributed by atoms with E-state index in [-0.39, 0.29) is 10.5 Å². The average Bonchev–Trinajstić information content (AvgIpc) is 2.96. The molecule has 2 aromatic carbocycles. The number of nitrogens with two attached hydrogens (primary N) is 1. The largest absolute Gasteiger partial charge is 0.497 e. The number of pyridine rings is 1. The molecule has 0 fully saturated rings. The molecule has 0 aliphatic heterocycles. The lowest BCUT2D eigenvalue weighted by molar-refractivity contribution is 0.415. The zero-order valence-electron chi connectivity index (χ0n) is 14.5. The highest BCUT2D eigenvalue weighted by atomic mass is 32.2. The second kappa shape index (κ2) is 6.26. The second-order valence-corrected chi connectivity index (χ2v) is 7.79. The number of methoxy groups -OCH3 is 1. The molecule has 0 saturated heterocycles. The summed E-state index contributed by atoms with van der Waals surface area (Å²) in [6, 6.07) is 13.8. The van der Waals surface area contributed by atoms with Crippen LogP contribution in [0.5, 0.6) is 5.75 Å². The molecule has 0 atom stereocenters. The van der Waals surface area contributed by atoms with E-state index in [0.29, 0.717) is 17.7 Å². The van der Waals surface area contributed by atoms with Gasteiger partial charge in [-0.25, -0.2) is 13.6 Å². The Morgan fingerprint density at radius 3 is 2.48 bits per heavy atom. The molecule has 2 aromatic heterocycles. The van der Waals surface area contributed by atoms with E-state index in [2.05, 4.69) is 4.98 Å². The Morgan fingerprint density at radius 2 is 1.81 bits per heavy atom. The predicted molar refractivity (Wildman–Crippen MR) is 104 cm³/mol. The number of ether oxygens (including phenoxy) is 1. The van der Waals surface area contributed by atoms with Crippen molar-refractivity contribution in [2.24, 2.45) is 5.14 Å². The zero-order chi connectivity index (χ0) is 19.2. The third kappa shape index (κ3) is 2.98. The van der Waals surface area contributed by atoms with Crippen molar-refractivity contribution in [1.29, 1.82) is 0 Å². The topological polar surface area (TPSA) is 107 Å². The zero-order valence-corrected chi connectivity index (χ0v) is 15.3. The number of primary sulfonamides is 1. The number of sulfonamides is 1. The number of fused-ring (bicyclic) bond motifs is 3. The third-order valence-corrected chi connectivity index (χ3v) is 5.52. The molecule has 0 bridgehead atoms. The van der Waals surface area contributed by atoms with Gasteiger partial charge in [-0.15, -0.1) is 0 Å². The van der Waals surface area contributed by atoms with Crippen molar-refractivity contribution in [3.05, 3.63) is 70.6 Å². The van der Waals surface area contributed by atoms with Crippen molar-refractivity contribution in [1.82, 2.24) is 9.55 Å². The van der Waals surface area contributed by atoms with Gasteiger partial charge in [0.25, 0.3) is 5.56 Å². The summed E-state index contributed by atoms with van der Waals surface area (Å²) in [5.74, 6) is 0.688. The van der Waals surface area contributed by atoms with E-state index in [4.69, 9.17) is 9.88 Å². The fourth-order valence-electron chi connectivity index (χ4n) is 3.29. The van der Waals surface area contributed by atoms with Gasteiger partial charge in [-0.3, -0.25) is 4.79 Å². The highest BCUT2D eigenvalue weighted by molar-refractivity contribution is 7.89. The van der Waals surface area contributed by atoms with Crippen molar-refractivity contribution < 1.29 is 13.2 Å². The van der Waals surface area contributed by atoms with Crippen LogP contribution < -0.4 is 15.4 Å². The Balaban J connectivity index is 1.91. The first-order valence-corrected chi connectivity index (χ1v) is 9.72. The minimum atomic E-state index is -3.73. The maximum absolute atomic E-state index is 12.4. The van der Waals surface area contributed by atoms with Crippen molar-refractivity contribution in [3.8, 4) is 5.75 Å². The molecule has 0 amide bonds. The van der Waals surface area contributed by atoms with E-state index in [1.807, 2.05) is 28.8 Å². The molecule has 4 rings (SSSR count). The summed E-state index contributed by atoms with van der Waals surface area (Å²) in [6.45, 7) is 0.460. The van der Waals surface area contributed by atoms with E-state index in [1.54, 1.807) is 25.4 Å². The number of aromatic nitrogens is 2. The van der Waals surface area contributed by atoms with Crippen LogP contribution in [0, 0.1) is 0 Å². The minimum Gasteiger partial charge on any atom is -0.497 e. The quantitative estimate of drug-likeness (QED) is 0.563. The monoisotopic (exact) mass is 383 g/mol. The number of H-pyrrole nitrogens is 1. The molecule has 0 unspecified atom stereocenters. The normalized spacial score (nSPS) is 11.9. The number of hydrogen-bond acceptors (Lipinski definition) is 4. The van der Waals surface area contributed by atoms with Gasteiger partial charge in [0.15, 0.2) is 0 Å². The lowest BCUT2D eigenvalue weighted by Crippen LogP contribution is -2.12. The average molecular weight is 383 g/mol. The van der Waals surface area contributed by atoms with Crippen LogP contribution in [0.4, 0.5) is 0 Å². The molecule has 4 aromatic rings. The molecule has 0 radical (unpaired) electrons. The van der Waals surface area contributed by atoms with E-state index in [0.717, 1.165) is 22.0 Å². The summed E-state index contributed by atoms with van der Waals surface area (Å²) < 4.78 is 30.2. The first-order valence-electron chi connectivity index (χ1n) is 8.18. The Bertz CT molecular complexity index is 1320. The van der Waals surface area contributed by atoms with E-state index in [1.165, 1.54) is 12.1 Å². The Kier molecular flexibility index (Phi) is 4.01. The second-order valence-electron chi connectivity index (χ2n) is 6.23. The molecule has 2 heterocycles. The first kappa shape index (κ1) is 17.3. The molecule has 3 N–H and O–H groups in total. The summed E-state index contributed by atoms with van der Waals surface area (Å²) in [6.07, 6.45) is 1.61. The van der Waals surface area contributed by atoms with Crippen LogP contribution in [0.15, 0.2) is 64.4 Å². The van der Waals surface area contributed by atoms with Gasteiger partial charge in [-0.1, -0.05) is 12.1 Å². The SMILES string of the molecule is COc1ccc2c3c(=O)[nH]ccc3n(Cc3ccc(S(N)(=O)=O)cc3)c2c1. The van der Waals surface area contributed by atoms with Crippen LogP contribution in [0.3, 0.4) is 0 Å². The Hall–Kier alpha value is -3.10. The smallest absolute Gasteiger partial charge is 0.258 e. The van der Waals surface area contributed by atoms with Gasteiger partial charge < -0.3 is 14.3 Å². The summed E-state index contributed by atoms with van der Waals surface area (Å²) in [5.41, 5.74) is 2.37. The predicted octanol–water partition coefficient (Wildman–Crippen LogP) is 2.19. The fraction of sp³-hybridized carbons (Fsp3) is 0.105. The van der Waals surface area contributed by atoms with E-state index in [9.17, 15) is 13.2 Å². The van der Waals surface area contributed by atoms with Crippen LogP contribution in [-0.2, 0) is 16.6 Å². The molecule has 0 aliphatic carbocycles. The molecular weight excluding hydrogens is 366 g/mol. The van der Waals surface area contributed by atoms with Gasteiger partial charge in [0.2, 0.25) is 10.0 Å². The Morgan fingerprint density at radius 1 is 1.07 bits per heavy atom. The maximum Gasteiger partial charge on any atom is 0.258 e. The molecule has 0 aliphatic rings. The molecular formula is C19H17N3O4S. The summed E-state index contributed by atoms with van der Waals surface area (Å²) in [5, 5.41) is 6.59. The molecule has 138 valence electrons. The molecule has 7 nitrogen and oxygen atoms in total. The lowest BCUT2D eigenvalue weighted by atomic mass is 10.2. The van der Waals surface area contributed by atoms with Gasteiger partial charge in [-0.05, 0) is 35.9 Å². The maximum atomic E-state index is 12.4. The van der Waals surface area contributed by atoms with Gasteiger partial charge in [0, 0.05) is 24.2 Å². The van der Waals surface area contributed by atoms with Crippen molar-refractivity contribution >= 4 is 31.8 Å². The number of aromatic amines is 1. The molecule has 0 saturated carbocycles. The first-order chi connectivity index (χ1) is 12.9. The van der Waals surface area contributed by atoms with E-state index >= 15 is 0 Å². The fourth-order valence-corrected chi connectivity index (χ4v) is 3.81. The van der Waals surface area contributed by atoms with Gasteiger partial charge in [0.1, 0.15) is 5.75 Å². The van der Waals surface area contributed by atoms with Gasteiger partial charge in [-0.2, -0.15) is 0 Å².